The maximum absolute atomic E-state index is 6.30. The van der Waals surface area contributed by atoms with E-state index in [9.17, 15) is 0 Å². The van der Waals surface area contributed by atoms with Gasteiger partial charge in [-0.05, 0) is 32.4 Å². The Balaban J connectivity index is 1.32. The van der Waals surface area contributed by atoms with Crippen molar-refractivity contribution in [3.8, 4) is 0 Å². The highest BCUT2D eigenvalue weighted by Gasteiger charge is 2.55. The predicted molar refractivity (Wildman–Crippen MR) is 128 cm³/mol. The maximum Gasteiger partial charge on any atom is 0.190 e. The van der Waals surface area contributed by atoms with Crippen LogP contribution in [0.4, 0.5) is 0 Å². The lowest BCUT2D eigenvalue weighted by molar-refractivity contribution is -0.218. The van der Waals surface area contributed by atoms with Crippen molar-refractivity contribution < 1.29 is 18.9 Å². The molecule has 0 aromatic heterocycles. The molecule has 1 N–H and O–H groups in total. The van der Waals surface area contributed by atoms with Crippen LogP contribution < -0.4 is 5.32 Å². The molecule has 5 heteroatoms. The van der Waals surface area contributed by atoms with Crippen molar-refractivity contribution in [3.05, 3.63) is 35.9 Å². The number of benzene rings is 1. The minimum absolute atomic E-state index is 0.0621. The lowest BCUT2D eigenvalue weighted by atomic mass is 10.1. The molecule has 5 nitrogen and oxygen atoms in total. The Hall–Kier alpha value is -0.980. The lowest BCUT2D eigenvalue weighted by Crippen LogP contribution is -2.41. The van der Waals surface area contributed by atoms with Gasteiger partial charge in [-0.25, -0.2) is 0 Å². The van der Waals surface area contributed by atoms with Crippen molar-refractivity contribution in [1.29, 1.82) is 0 Å². The first-order valence-corrected chi connectivity index (χ1v) is 13.0. The zero-order chi connectivity index (χ0) is 22.7. The standard InChI is InChI=1S/C27H45NO4/c1-4-5-6-7-8-9-10-11-12-16-19-28-20-23-24(29-21-22-17-14-13-15-18-22)25-26(30-23)32-27(2,3)31-25/h13-15,17-18,23-26,28H,4-12,16,19-21H2,1-3H3/t23-,24+,25-,26-/m1/s1. The number of fused-ring (bicyclic) bond motifs is 1. The molecule has 2 saturated heterocycles. The van der Waals surface area contributed by atoms with Crippen LogP contribution in [0.25, 0.3) is 0 Å². The van der Waals surface area contributed by atoms with Crippen LogP contribution in [-0.2, 0) is 25.6 Å². The number of unbranched alkanes of at least 4 members (excludes halogenated alkanes) is 9. The highest BCUT2D eigenvalue weighted by Crippen LogP contribution is 2.38. The third-order valence-electron chi connectivity index (χ3n) is 6.43. The van der Waals surface area contributed by atoms with E-state index in [-0.39, 0.29) is 24.6 Å². The van der Waals surface area contributed by atoms with Crippen LogP contribution in [-0.4, -0.2) is 43.5 Å². The van der Waals surface area contributed by atoms with Gasteiger partial charge in [-0.3, -0.25) is 0 Å². The fourth-order valence-electron chi connectivity index (χ4n) is 4.66. The van der Waals surface area contributed by atoms with Gasteiger partial charge in [0.2, 0.25) is 0 Å². The Morgan fingerprint density at radius 3 is 2.22 bits per heavy atom. The number of hydrogen-bond donors (Lipinski definition) is 1. The Morgan fingerprint density at radius 2 is 1.53 bits per heavy atom. The van der Waals surface area contributed by atoms with Crippen LogP contribution in [0.15, 0.2) is 30.3 Å². The summed E-state index contributed by atoms with van der Waals surface area (Å²) in [5.74, 6) is -0.627. The number of hydrogen-bond acceptors (Lipinski definition) is 5. The monoisotopic (exact) mass is 447 g/mol. The normalized spacial score (nSPS) is 26.5. The molecule has 4 atom stereocenters. The van der Waals surface area contributed by atoms with Crippen molar-refractivity contribution >= 4 is 0 Å². The second kappa shape index (κ2) is 13.7. The van der Waals surface area contributed by atoms with Crippen molar-refractivity contribution in [2.75, 3.05) is 13.1 Å². The van der Waals surface area contributed by atoms with Gasteiger partial charge in [-0.1, -0.05) is 95.0 Å². The molecule has 3 rings (SSSR count). The van der Waals surface area contributed by atoms with Crippen LogP contribution in [0.5, 0.6) is 0 Å². The minimum atomic E-state index is -0.627. The molecule has 2 aliphatic rings. The molecule has 2 fully saturated rings. The summed E-state index contributed by atoms with van der Waals surface area (Å²) in [7, 11) is 0. The molecule has 2 heterocycles. The van der Waals surface area contributed by atoms with Gasteiger partial charge in [0.1, 0.15) is 18.3 Å². The third-order valence-corrected chi connectivity index (χ3v) is 6.43. The average Bonchev–Trinajstić information content (AvgIpc) is 3.24. The largest absolute Gasteiger partial charge is 0.368 e. The first kappa shape index (κ1) is 25.6. The minimum Gasteiger partial charge on any atom is -0.368 e. The summed E-state index contributed by atoms with van der Waals surface area (Å²) in [4.78, 5) is 0. The second-order valence-electron chi connectivity index (χ2n) is 9.79. The summed E-state index contributed by atoms with van der Waals surface area (Å²) in [5, 5.41) is 3.57. The molecule has 32 heavy (non-hydrogen) atoms. The van der Waals surface area contributed by atoms with Crippen LogP contribution in [0.1, 0.15) is 90.5 Å². The first-order valence-electron chi connectivity index (χ1n) is 13.0. The van der Waals surface area contributed by atoms with Gasteiger partial charge in [0, 0.05) is 6.54 Å². The highest BCUT2D eigenvalue weighted by molar-refractivity contribution is 5.13. The molecule has 0 saturated carbocycles. The molecule has 0 radical (unpaired) electrons. The SMILES string of the molecule is CCCCCCCCCCCCNC[C@H]1O[C@@H]2OC(C)(C)O[C@@H]2[C@H]1OCc1ccccc1. The Morgan fingerprint density at radius 1 is 0.875 bits per heavy atom. The topological polar surface area (TPSA) is 49.0 Å². The average molecular weight is 448 g/mol. The maximum atomic E-state index is 6.30. The van der Waals surface area contributed by atoms with Crippen LogP contribution in [0.3, 0.4) is 0 Å². The summed E-state index contributed by atoms with van der Waals surface area (Å²) in [6.07, 6.45) is 12.9. The highest BCUT2D eigenvalue weighted by atomic mass is 16.8. The number of rotatable bonds is 16. The van der Waals surface area contributed by atoms with E-state index in [0.29, 0.717) is 6.61 Å². The number of ether oxygens (including phenoxy) is 4. The fraction of sp³-hybridized carbons (Fsp3) is 0.778. The van der Waals surface area contributed by atoms with Gasteiger partial charge in [0.15, 0.2) is 12.1 Å². The Labute approximate surface area is 195 Å². The van der Waals surface area contributed by atoms with Gasteiger partial charge >= 0.3 is 0 Å². The summed E-state index contributed by atoms with van der Waals surface area (Å²) in [5.41, 5.74) is 1.16. The van der Waals surface area contributed by atoms with Gasteiger partial charge in [-0.15, -0.1) is 0 Å². The van der Waals surface area contributed by atoms with E-state index in [1.165, 1.54) is 64.2 Å². The van der Waals surface area contributed by atoms with Gasteiger partial charge in [-0.2, -0.15) is 0 Å². The van der Waals surface area contributed by atoms with Crippen molar-refractivity contribution in [2.24, 2.45) is 0 Å². The third kappa shape index (κ3) is 8.42. The molecular formula is C27H45NO4. The molecule has 1 aromatic carbocycles. The molecular weight excluding hydrogens is 402 g/mol. The summed E-state index contributed by atoms with van der Waals surface area (Å²) in [6.45, 7) is 8.47. The zero-order valence-corrected chi connectivity index (χ0v) is 20.5. The molecule has 182 valence electrons. The first-order chi connectivity index (χ1) is 15.6. The van der Waals surface area contributed by atoms with Gasteiger partial charge in [0.05, 0.1) is 6.61 Å². The summed E-state index contributed by atoms with van der Waals surface area (Å²) < 4.78 is 24.5. The van der Waals surface area contributed by atoms with E-state index in [0.717, 1.165) is 18.7 Å². The van der Waals surface area contributed by atoms with E-state index in [1.807, 2.05) is 32.0 Å². The molecule has 2 aliphatic heterocycles. The van der Waals surface area contributed by atoms with E-state index in [2.05, 4.69) is 24.4 Å². The summed E-state index contributed by atoms with van der Waals surface area (Å²) >= 11 is 0. The van der Waals surface area contributed by atoms with Gasteiger partial charge in [0.25, 0.3) is 0 Å². The van der Waals surface area contributed by atoms with Crippen molar-refractivity contribution in [2.45, 2.75) is 122 Å². The smallest absolute Gasteiger partial charge is 0.190 e. The fourth-order valence-corrected chi connectivity index (χ4v) is 4.66. The van der Waals surface area contributed by atoms with Crippen LogP contribution >= 0.6 is 0 Å². The van der Waals surface area contributed by atoms with E-state index in [4.69, 9.17) is 18.9 Å². The van der Waals surface area contributed by atoms with Crippen LogP contribution in [0.2, 0.25) is 0 Å². The van der Waals surface area contributed by atoms with E-state index < -0.39 is 5.79 Å². The van der Waals surface area contributed by atoms with Crippen molar-refractivity contribution in [3.63, 3.8) is 0 Å². The summed E-state index contributed by atoms with van der Waals surface area (Å²) in [6, 6.07) is 10.3. The molecule has 0 bridgehead atoms. The molecule has 1 aromatic rings. The van der Waals surface area contributed by atoms with E-state index >= 15 is 0 Å². The predicted octanol–water partition coefficient (Wildman–Crippen LogP) is 5.96. The van der Waals surface area contributed by atoms with Crippen molar-refractivity contribution in [1.82, 2.24) is 5.32 Å². The van der Waals surface area contributed by atoms with Gasteiger partial charge < -0.3 is 24.3 Å². The molecule has 0 spiro atoms. The Bertz CT molecular complexity index is 623. The second-order valence-corrected chi connectivity index (χ2v) is 9.79. The molecule has 0 aliphatic carbocycles. The molecule has 0 unspecified atom stereocenters. The van der Waals surface area contributed by atoms with Crippen LogP contribution in [0, 0.1) is 0 Å². The number of nitrogens with one attached hydrogen (secondary N) is 1. The van der Waals surface area contributed by atoms with E-state index in [1.54, 1.807) is 0 Å². The quantitative estimate of drug-likeness (QED) is 0.317. The molecule has 0 amide bonds. The lowest BCUT2D eigenvalue weighted by Gasteiger charge is -2.26. The Kier molecular flexibility index (Phi) is 10.9. The zero-order valence-electron chi connectivity index (χ0n) is 20.5.